The standard InChI is InChI=1S/C21H25N3O3S/c25-21(18-6-10-20(11-7-18)28(26,27)22-19-8-9-19)24-14-12-23(13-15-24)16-17-4-2-1-3-5-17/h1-7,10-11,19,22H,8-9,12-16H2. The average molecular weight is 400 g/mol. The lowest BCUT2D eigenvalue weighted by Crippen LogP contribution is -2.48. The van der Waals surface area contributed by atoms with Crippen molar-refractivity contribution in [3.8, 4) is 0 Å². The van der Waals surface area contributed by atoms with E-state index in [0.29, 0.717) is 18.7 Å². The largest absolute Gasteiger partial charge is 0.336 e. The molecule has 0 aromatic heterocycles. The minimum Gasteiger partial charge on any atom is -0.336 e. The molecular formula is C21H25N3O3S. The summed E-state index contributed by atoms with van der Waals surface area (Å²) in [6, 6.07) is 16.7. The number of piperazine rings is 1. The van der Waals surface area contributed by atoms with Crippen molar-refractivity contribution < 1.29 is 13.2 Å². The Morgan fingerprint density at radius 3 is 2.18 bits per heavy atom. The summed E-state index contributed by atoms with van der Waals surface area (Å²) in [5.41, 5.74) is 1.81. The van der Waals surface area contributed by atoms with Gasteiger partial charge in [0, 0.05) is 44.3 Å². The molecule has 148 valence electrons. The molecule has 2 aromatic rings. The normalized spacial score (nSPS) is 18.2. The summed E-state index contributed by atoms with van der Waals surface area (Å²) >= 11 is 0. The molecule has 1 heterocycles. The zero-order chi connectivity index (χ0) is 19.6. The van der Waals surface area contributed by atoms with Crippen molar-refractivity contribution in [1.29, 1.82) is 0 Å². The highest BCUT2D eigenvalue weighted by Crippen LogP contribution is 2.22. The maximum atomic E-state index is 12.8. The van der Waals surface area contributed by atoms with Gasteiger partial charge in [0.05, 0.1) is 4.90 Å². The van der Waals surface area contributed by atoms with Crippen LogP contribution < -0.4 is 4.72 Å². The van der Waals surface area contributed by atoms with Crippen LogP contribution in [0, 0.1) is 0 Å². The van der Waals surface area contributed by atoms with Gasteiger partial charge in [0.2, 0.25) is 10.0 Å². The van der Waals surface area contributed by atoms with Crippen molar-refractivity contribution in [1.82, 2.24) is 14.5 Å². The summed E-state index contributed by atoms with van der Waals surface area (Å²) in [4.78, 5) is 17.2. The fourth-order valence-electron chi connectivity index (χ4n) is 3.40. The molecule has 1 saturated heterocycles. The van der Waals surface area contributed by atoms with Crippen LogP contribution in [0.3, 0.4) is 0 Å². The lowest BCUT2D eigenvalue weighted by atomic mass is 10.1. The maximum Gasteiger partial charge on any atom is 0.253 e. The number of carbonyl (C=O) groups is 1. The molecule has 0 bridgehead atoms. The Morgan fingerprint density at radius 2 is 1.57 bits per heavy atom. The molecule has 1 saturated carbocycles. The number of carbonyl (C=O) groups excluding carboxylic acids is 1. The first-order chi connectivity index (χ1) is 13.5. The van der Waals surface area contributed by atoms with Gasteiger partial charge < -0.3 is 4.90 Å². The summed E-state index contributed by atoms with van der Waals surface area (Å²) in [6.07, 6.45) is 1.79. The molecule has 0 atom stereocenters. The van der Waals surface area contributed by atoms with E-state index >= 15 is 0 Å². The van der Waals surface area contributed by atoms with E-state index in [1.165, 1.54) is 17.7 Å². The lowest BCUT2D eigenvalue weighted by molar-refractivity contribution is 0.0628. The van der Waals surface area contributed by atoms with Crippen molar-refractivity contribution in [3.63, 3.8) is 0 Å². The molecule has 0 radical (unpaired) electrons. The van der Waals surface area contributed by atoms with Gasteiger partial charge in [-0.2, -0.15) is 0 Å². The van der Waals surface area contributed by atoms with Crippen LogP contribution in [0.4, 0.5) is 0 Å². The SMILES string of the molecule is O=C(c1ccc(S(=O)(=O)NC2CC2)cc1)N1CCN(Cc2ccccc2)CC1. The third kappa shape index (κ3) is 4.60. The Balaban J connectivity index is 1.33. The van der Waals surface area contributed by atoms with Gasteiger partial charge in [-0.3, -0.25) is 9.69 Å². The second kappa shape index (κ2) is 8.03. The highest BCUT2D eigenvalue weighted by molar-refractivity contribution is 7.89. The molecule has 1 aliphatic heterocycles. The third-order valence-corrected chi connectivity index (χ3v) is 6.76. The van der Waals surface area contributed by atoms with Gasteiger partial charge in [0.25, 0.3) is 5.91 Å². The van der Waals surface area contributed by atoms with Crippen LogP contribution >= 0.6 is 0 Å². The molecular weight excluding hydrogens is 374 g/mol. The van der Waals surface area contributed by atoms with E-state index in [2.05, 4.69) is 21.8 Å². The quantitative estimate of drug-likeness (QED) is 0.808. The van der Waals surface area contributed by atoms with Crippen LogP contribution in [0.15, 0.2) is 59.5 Å². The van der Waals surface area contributed by atoms with Gasteiger partial charge in [0.1, 0.15) is 0 Å². The van der Waals surface area contributed by atoms with Gasteiger partial charge in [-0.1, -0.05) is 30.3 Å². The second-order valence-electron chi connectivity index (χ2n) is 7.47. The Morgan fingerprint density at radius 1 is 0.929 bits per heavy atom. The first-order valence-electron chi connectivity index (χ1n) is 9.69. The molecule has 4 rings (SSSR count). The van der Waals surface area contributed by atoms with Crippen LogP contribution in [0.5, 0.6) is 0 Å². The number of benzene rings is 2. The van der Waals surface area contributed by atoms with Gasteiger partial charge in [-0.05, 0) is 42.7 Å². The van der Waals surface area contributed by atoms with Crippen LogP contribution in [-0.4, -0.2) is 56.3 Å². The first-order valence-corrected chi connectivity index (χ1v) is 11.2. The van der Waals surface area contributed by atoms with Crippen molar-refractivity contribution in [3.05, 3.63) is 65.7 Å². The number of nitrogens with zero attached hydrogens (tertiary/aromatic N) is 2. The smallest absolute Gasteiger partial charge is 0.253 e. The Hall–Kier alpha value is -2.22. The van der Waals surface area contributed by atoms with Crippen LogP contribution in [0.1, 0.15) is 28.8 Å². The minimum absolute atomic E-state index is 0.0431. The number of hydrogen-bond acceptors (Lipinski definition) is 4. The van der Waals surface area contributed by atoms with E-state index in [1.54, 1.807) is 12.1 Å². The molecule has 1 aliphatic carbocycles. The van der Waals surface area contributed by atoms with Gasteiger partial charge in [-0.15, -0.1) is 0 Å². The van der Waals surface area contributed by atoms with E-state index in [9.17, 15) is 13.2 Å². The summed E-state index contributed by atoms with van der Waals surface area (Å²) in [6.45, 7) is 3.91. The predicted octanol–water partition coefficient (Wildman–Crippen LogP) is 2.09. The highest BCUT2D eigenvalue weighted by atomic mass is 32.2. The van der Waals surface area contributed by atoms with Crippen molar-refractivity contribution >= 4 is 15.9 Å². The van der Waals surface area contributed by atoms with Gasteiger partial charge in [0.15, 0.2) is 0 Å². The predicted molar refractivity (Wildman–Crippen MR) is 107 cm³/mol. The van der Waals surface area contributed by atoms with Crippen molar-refractivity contribution in [2.24, 2.45) is 0 Å². The average Bonchev–Trinajstić information content (AvgIpc) is 3.52. The number of sulfonamides is 1. The fraction of sp³-hybridized carbons (Fsp3) is 0.381. The number of rotatable bonds is 6. The van der Waals surface area contributed by atoms with E-state index < -0.39 is 10.0 Å². The fourth-order valence-corrected chi connectivity index (χ4v) is 4.70. The second-order valence-corrected chi connectivity index (χ2v) is 9.19. The lowest BCUT2D eigenvalue weighted by Gasteiger charge is -2.34. The maximum absolute atomic E-state index is 12.8. The summed E-state index contributed by atoms with van der Waals surface area (Å²) in [7, 11) is -3.48. The third-order valence-electron chi connectivity index (χ3n) is 5.22. The molecule has 2 aliphatic rings. The minimum atomic E-state index is -3.48. The molecule has 2 fully saturated rings. The molecule has 2 aromatic carbocycles. The van der Waals surface area contributed by atoms with E-state index in [4.69, 9.17) is 0 Å². The highest BCUT2D eigenvalue weighted by Gasteiger charge is 2.28. The van der Waals surface area contributed by atoms with E-state index in [1.807, 2.05) is 23.1 Å². The van der Waals surface area contributed by atoms with Crippen LogP contribution in [0.2, 0.25) is 0 Å². The Kier molecular flexibility index (Phi) is 5.48. The zero-order valence-electron chi connectivity index (χ0n) is 15.8. The molecule has 7 heteroatoms. The number of amides is 1. The Labute approximate surface area is 166 Å². The molecule has 1 N–H and O–H groups in total. The molecule has 28 heavy (non-hydrogen) atoms. The zero-order valence-corrected chi connectivity index (χ0v) is 16.6. The first kappa shape index (κ1) is 19.1. The summed E-state index contributed by atoms with van der Waals surface area (Å²) in [5.74, 6) is -0.0431. The Bertz CT molecular complexity index is 917. The molecule has 6 nitrogen and oxygen atoms in total. The molecule has 0 unspecified atom stereocenters. The number of nitrogens with one attached hydrogen (secondary N) is 1. The summed E-state index contributed by atoms with van der Waals surface area (Å²) in [5, 5.41) is 0. The molecule has 0 spiro atoms. The van der Waals surface area contributed by atoms with Gasteiger partial charge >= 0.3 is 0 Å². The van der Waals surface area contributed by atoms with Crippen LogP contribution in [-0.2, 0) is 16.6 Å². The van der Waals surface area contributed by atoms with Gasteiger partial charge in [-0.25, -0.2) is 13.1 Å². The van der Waals surface area contributed by atoms with E-state index in [-0.39, 0.29) is 16.8 Å². The van der Waals surface area contributed by atoms with Crippen LogP contribution in [0.25, 0.3) is 0 Å². The number of hydrogen-bond donors (Lipinski definition) is 1. The monoisotopic (exact) mass is 399 g/mol. The van der Waals surface area contributed by atoms with E-state index in [0.717, 1.165) is 32.5 Å². The summed E-state index contributed by atoms with van der Waals surface area (Å²) < 4.78 is 27.1. The van der Waals surface area contributed by atoms with Crippen molar-refractivity contribution in [2.75, 3.05) is 26.2 Å². The topological polar surface area (TPSA) is 69.7 Å². The molecule has 1 amide bonds. The van der Waals surface area contributed by atoms with Crippen molar-refractivity contribution in [2.45, 2.75) is 30.3 Å².